The number of H-pyrrole nitrogens is 1. The highest BCUT2D eigenvalue weighted by Gasteiger charge is 2.15. The van der Waals surface area contributed by atoms with Gasteiger partial charge in [0.25, 0.3) is 0 Å². The van der Waals surface area contributed by atoms with Crippen LogP contribution in [-0.4, -0.2) is 21.3 Å². The van der Waals surface area contributed by atoms with Crippen molar-refractivity contribution in [3.05, 3.63) is 46.4 Å². The minimum Gasteiger partial charge on any atom is -0.329 e. The first-order chi connectivity index (χ1) is 8.76. The van der Waals surface area contributed by atoms with Gasteiger partial charge in [-0.3, -0.25) is 4.57 Å². The van der Waals surface area contributed by atoms with Gasteiger partial charge in [-0.15, -0.1) is 5.10 Å². The number of rotatable bonds is 5. The molecule has 1 unspecified atom stereocenters. The Hall–Kier alpha value is -1.53. The minimum atomic E-state index is -0.177. The van der Waals surface area contributed by atoms with Crippen LogP contribution in [0.25, 0.3) is 0 Å². The minimum absolute atomic E-state index is 0.103. The molecule has 1 atom stereocenters. The fourth-order valence-corrected chi connectivity index (χ4v) is 2.80. The second-order valence-corrected chi connectivity index (χ2v) is 4.98. The van der Waals surface area contributed by atoms with E-state index in [1.54, 1.807) is 4.57 Å². The van der Waals surface area contributed by atoms with Gasteiger partial charge in [-0.05, 0) is 12.5 Å². The molecule has 2 rings (SSSR count). The summed E-state index contributed by atoms with van der Waals surface area (Å²) in [6.45, 7) is 3.02. The Morgan fingerprint density at radius 3 is 2.78 bits per heavy atom. The molecule has 96 valence electrons. The quantitative estimate of drug-likeness (QED) is 0.800. The smallest absolute Gasteiger partial charge is 0.329 e. The van der Waals surface area contributed by atoms with Crippen LogP contribution in [0.5, 0.6) is 0 Å². The van der Waals surface area contributed by atoms with Crippen molar-refractivity contribution in [2.75, 3.05) is 6.54 Å². The molecule has 0 bridgehead atoms. The number of nitrogens with one attached hydrogen (secondary N) is 1. The van der Waals surface area contributed by atoms with Crippen LogP contribution in [0.3, 0.4) is 0 Å². The first kappa shape index (κ1) is 12.9. The van der Waals surface area contributed by atoms with Crippen molar-refractivity contribution >= 4 is 11.8 Å². The molecule has 0 aliphatic carbocycles. The van der Waals surface area contributed by atoms with E-state index in [1.165, 1.54) is 11.8 Å². The number of thioether (sulfide) groups is 1. The first-order valence-electron chi connectivity index (χ1n) is 5.83. The van der Waals surface area contributed by atoms with Crippen molar-refractivity contribution in [1.29, 1.82) is 0 Å². The zero-order chi connectivity index (χ0) is 13.0. The third kappa shape index (κ3) is 2.65. The Labute approximate surface area is 109 Å². The largest absolute Gasteiger partial charge is 0.343 e. The lowest BCUT2D eigenvalue weighted by molar-refractivity contribution is 0.658. The molecule has 3 N–H and O–H groups in total. The summed E-state index contributed by atoms with van der Waals surface area (Å²) in [6.07, 6.45) is 0. The normalized spacial score (nSPS) is 12.6. The van der Waals surface area contributed by atoms with Gasteiger partial charge in [-0.1, -0.05) is 42.1 Å². The Bertz CT molecular complexity index is 549. The topological polar surface area (TPSA) is 76.7 Å². The SMILES string of the molecule is CCn1c(SC(CN)c2ccccc2)n[nH]c1=O. The Kier molecular flexibility index (Phi) is 4.22. The van der Waals surface area contributed by atoms with E-state index < -0.39 is 0 Å². The summed E-state index contributed by atoms with van der Waals surface area (Å²) in [5.41, 5.74) is 6.77. The highest BCUT2D eigenvalue weighted by Crippen LogP contribution is 2.32. The first-order valence-corrected chi connectivity index (χ1v) is 6.71. The van der Waals surface area contributed by atoms with E-state index in [4.69, 9.17) is 5.73 Å². The van der Waals surface area contributed by atoms with Crippen LogP contribution in [0, 0.1) is 0 Å². The van der Waals surface area contributed by atoms with Crippen molar-refractivity contribution in [1.82, 2.24) is 14.8 Å². The Morgan fingerprint density at radius 1 is 1.44 bits per heavy atom. The number of benzene rings is 1. The van der Waals surface area contributed by atoms with E-state index >= 15 is 0 Å². The van der Waals surface area contributed by atoms with Crippen LogP contribution in [-0.2, 0) is 6.54 Å². The van der Waals surface area contributed by atoms with Crippen LogP contribution in [0.4, 0.5) is 0 Å². The molecule has 0 saturated carbocycles. The van der Waals surface area contributed by atoms with Gasteiger partial charge < -0.3 is 5.73 Å². The van der Waals surface area contributed by atoms with Crippen molar-refractivity contribution in [2.24, 2.45) is 5.73 Å². The lowest BCUT2D eigenvalue weighted by Crippen LogP contribution is -2.17. The summed E-state index contributed by atoms with van der Waals surface area (Å²) < 4.78 is 1.61. The number of nitrogens with two attached hydrogens (primary N) is 1. The van der Waals surface area contributed by atoms with Crippen molar-refractivity contribution in [3.8, 4) is 0 Å². The molecule has 0 radical (unpaired) electrons. The molecular formula is C12H16N4OS. The zero-order valence-electron chi connectivity index (χ0n) is 10.2. The van der Waals surface area contributed by atoms with Gasteiger partial charge in [0.1, 0.15) is 0 Å². The van der Waals surface area contributed by atoms with E-state index in [0.29, 0.717) is 18.2 Å². The van der Waals surface area contributed by atoms with E-state index in [9.17, 15) is 4.79 Å². The van der Waals surface area contributed by atoms with Crippen LogP contribution >= 0.6 is 11.8 Å². The van der Waals surface area contributed by atoms with Crippen LogP contribution in [0.1, 0.15) is 17.7 Å². The predicted molar refractivity (Wildman–Crippen MR) is 72.6 cm³/mol. The molecule has 0 saturated heterocycles. The van der Waals surface area contributed by atoms with E-state index in [2.05, 4.69) is 10.2 Å². The summed E-state index contributed by atoms with van der Waals surface area (Å²) in [5.74, 6) is 0. The standard InChI is InChI=1S/C12H16N4OS/c1-2-16-11(17)14-15-12(16)18-10(8-13)9-6-4-3-5-7-9/h3-7,10H,2,8,13H2,1H3,(H,14,17). The van der Waals surface area contributed by atoms with E-state index in [-0.39, 0.29) is 10.9 Å². The van der Waals surface area contributed by atoms with Crippen LogP contribution < -0.4 is 11.4 Å². The van der Waals surface area contributed by atoms with Crippen LogP contribution in [0.15, 0.2) is 40.3 Å². The molecule has 18 heavy (non-hydrogen) atoms. The van der Waals surface area contributed by atoms with E-state index in [0.717, 1.165) is 5.56 Å². The fourth-order valence-electron chi connectivity index (χ4n) is 1.72. The highest BCUT2D eigenvalue weighted by atomic mass is 32.2. The number of hydrogen-bond acceptors (Lipinski definition) is 4. The lowest BCUT2D eigenvalue weighted by atomic mass is 10.1. The maximum absolute atomic E-state index is 11.5. The van der Waals surface area contributed by atoms with Gasteiger partial charge in [0.2, 0.25) is 0 Å². The highest BCUT2D eigenvalue weighted by molar-refractivity contribution is 7.99. The van der Waals surface area contributed by atoms with Gasteiger partial charge in [0, 0.05) is 18.3 Å². The maximum Gasteiger partial charge on any atom is 0.343 e. The molecule has 0 fully saturated rings. The van der Waals surface area contributed by atoms with Crippen molar-refractivity contribution in [3.63, 3.8) is 0 Å². The molecule has 1 aromatic carbocycles. The molecule has 1 aromatic heterocycles. The molecule has 5 nitrogen and oxygen atoms in total. The molecule has 6 heteroatoms. The summed E-state index contributed by atoms with van der Waals surface area (Å²) in [6, 6.07) is 10.0. The predicted octanol–water partition coefficient (Wildman–Crippen LogP) is 1.38. The second kappa shape index (κ2) is 5.88. The molecule has 1 heterocycles. The zero-order valence-corrected chi connectivity index (χ0v) is 11.0. The molecule has 0 amide bonds. The number of nitrogens with zero attached hydrogens (tertiary/aromatic N) is 2. The number of aromatic amines is 1. The van der Waals surface area contributed by atoms with Crippen LogP contribution in [0.2, 0.25) is 0 Å². The van der Waals surface area contributed by atoms with Crippen molar-refractivity contribution in [2.45, 2.75) is 23.9 Å². The number of aromatic nitrogens is 3. The molecule has 0 aliphatic rings. The Morgan fingerprint density at radius 2 is 2.17 bits per heavy atom. The van der Waals surface area contributed by atoms with Gasteiger partial charge in [-0.2, -0.15) is 0 Å². The molecule has 2 aromatic rings. The average molecular weight is 264 g/mol. The monoisotopic (exact) mass is 264 g/mol. The summed E-state index contributed by atoms with van der Waals surface area (Å²) in [7, 11) is 0. The third-order valence-corrected chi connectivity index (χ3v) is 3.94. The third-order valence-electron chi connectivity index (χ3n) is 2.67. The second-order valence-electron chi connectivity index (χ2n) is 3.81. The summed E-state index contributed by atoms with van der Waals surface area (Å²) >= 11 is 1.51. The summed E-state index contributed by atoms with van der Waals surface area (Å²) in [5, 5.41) is 7.28. The summed E-state index contributed by atoms with van der Waals surface area (Å²) in [4.78, 5) is 11.5. The Balaban J connectivity index is 2.23. The molecule has 0 aliphatic heterocycles. The van der Waals surface area contributed by atoms with Crippen molar-refractivity contribution < 1.29 is 0 Å². The van der Waals surface area contributed by atoms with Gasteiger partial charge in [0.05, 0.1) is 0 Å². The average Bonchev–Trinajstić information content (AvgIpc) is 2.77. The molecular weight excluding hydrogens is 248 g/mol. The molecule has 0 spiro atoms. The maximum atomic E-state index is 11.5. The van der Waals surface area contributed by atoms with Gasteiger partial charge in [0.15, 0.2) is 5.16 Å². The fraction of sp³-hybridized carbons (Fsp3) is 0.333. The van der Waals surface area contributed by atoms with E-state index in [1.807, 2.05) is 37.3 Å². The number of hydrogen-bond donors (Lipinski definition) is 2. The van der Waals surface area contributed by atoms with Gasteiger partial charge in [-0.25, -0.2) is 9.89 Å². The van der Waals surface area contributed by atoms with Gasteiger partial charge >= 0.3 is 5.69 Å². The lowest BCUT2D eigenvalue weighted by Gasteiger charge is -2.14.